The number of non-ortho nitro benzene ring substituents is 1. The number of nitro benzene ring substituents is 1. The van der Waals surface area contributed by atoms with Crippen molar-refractivity contribution in [3.63, 3.8) is 0 Å². The minimum absolute atomic E-state index is 0.134. The van der Waals surface area contributed by atoms with E-state index in [2.05, 4.69) is 10.4 Å². The molecule has 9 heteroatoms. The zero-order valence-electron chi connectivity index (χ0n) is 13.2. The number of halogens is 2. The summed E-state index contributed by atoms with van der Waals surface area (Å²) in [6, 6.07) is 13.1. The normalized spacial score (nSPS) is 10.5. The van der Waals surface area contributed by atoms with Crippen LogP contribution in [0.4, 0.5) is 11.5 Å². The highest BCUT2D eigenvalue weighted by molar-refractivity contribution is 14.1. The molecule has 1 N–H and O–H groups in total. The molecule has 0 saturated carbocycles. The largest absolute Gasteiger partial charge is 0.307 e. The summed E-state index contributed by atoms with van der Waals surface area (Å²) in [5.74, 6) is 0.0585. The van der Waals surface area contributed by atoms with Crippen LogP contribution in [-0.2, 0) is 6.54 Å². The van der Waals surface area contributed by atoms with Crippen LogP contribution < -0.4 is 5.32 Å². The van der Waals surface area contributed by atoms with Crippen LogP contribution in [0.15, 0.2) is 54.7 Å². The maximum Gasteiger partial charge on any atom is 0.270 e. The molecule has 0 saturated heterocycles. The number of nitrogens with one attached hydrogen (secondary N) is 1. The Kier molecular flexibility index (Phi) is 5.52. The second-order valence-electron chi connectivity index (χ2n) is 5.38. The van der Waals surface area contributed by atoms with Gasteiger partial charge in [0.05, 0.1) is 23.2 Å². The second kappa shape index (κ2) is 7.83. The monoisotopic (exact) mass is 482 g/mol. The minimum atomic E-state index is -0.530. The summed E-state index contributed by atoms with van der Waals surface area (Å²) in [4.78, 5) is 23.0. The van der Waals surface area contributed by atoms with Crippen molar-refractivity contribution < 1.29 is 9.72 Å². The van der Waals surface area contributed by atoms with Gasteiger partial charge in [-0.3, -0.25) is 14.9 Å². The summed E-state index contributed by atoms with van der Waals surface area (Å²) in [6.07, 6.45) is 1.57. The zero-order valence-corrected chi connectivity index (χ0v) is 16.1. The average molecular weight is 483 g/mol. The van der Waals surface area contributed by atoms with Gasteiger partial charge in [0.1, 0.15) is 5.82 Å². The Morgan fingerprint density at radius 1 is 1.23 bits per heavy atom. The molecule has 0 spiro atoms. The van der Waals surface area contributed by atoms with Gasteiger partial charge in [0, 0.05) is 26.8 Å². The molecule has 1 amide bonds. The van der Waals surface area contributed by atoms with Crippen molar-refractivity contribution in [2.24, 2.45) is 0 Å². The first-order valence-electron chi connectivity index (χ1n) is 7.45. The molecule has 0 aliphatic rings. The quantitative estimate of drug-likeness (QED) is 0.333. The van der Waals surface area contributed by atoms with Gasteiger partial charge in [-0.1, -0.05) is 23.7 Å². The minimum Gasteiger partial charge on any atom is -0.307 e. The third-order valence-corrected chi connectivity index (χ3v) is 4.80. The molecule has 0 atom stereocenters. The van der Waals surface area contributed by atoms with Crippen molar-refractivity contribution >= 4 is 51.6 Å². The highest BCUT2D eigenvalue weighted by Crippen LogP contribution is 2.21. The van der Waals surface area contributed by atoms with Crippen LogP contribution in [0.3, 0.4) is 0 Å². The van der Waals surface area contributed by atoms with Gasteiger partial charge in [-0.15, -0.1) is 0 Å². The van der Waals surface area contributed by atoms with Crippen molar-refractivity contribution in [3.05, 3.63) is 84.6 Å². The molecule has 1 aromatic heterocycles. The van der Waals surface area contributed by atoms with Crippen molar-refractivity contribution in [2.45, 2.75) is 6.54 Å². The smallest absolute Gasteiger partial charge is 0.270 e. The van der Waals surface area contributed by atoms with Gasteiger partial charge in [-0.2, -0.15) is 5.10 Å². The summed E-state index contributed by atoms with van der Waals surface area (Å²) in [7, 11) is 0. The van der Waals surface area contributed by atoms with Crippen LogP contribution >= 0.6 is 34.2 Å². The molecule has 0 fully saturated rings. The lowest BCUT2D eigenvalue weighted by Gasteiger charge is -2.10. The first-order chi connectivity index (χ1) is 12.4. The highest BCUT2D eigenvalue weighted by Gasteiger charge is 2.17. The Balaban J connectivity index is 1.81. The number of rotatable bonds is 5. The third-order valence-electron chi connectivity index (χ3n) is 3.61. The molecule has 0 aliphatic heterocycles. The Morgan fingerprint density at radius 2 is 1.96 bits per heavy atom. The van der Waals surface area contributed by atoms with E-state index < -0.39 is 10.8 Å². The first kappa shape index (κ1) is 18.3. The van der Waals surface area contributed by atoms with Gasteiger partial charge >= 0.3 is 0 Å². The van der Waals surface area contributed by atoms with E-state index in [0.717, 1.165) is 5.56 Å². The number of nitro groups is 1. The van der Waals surface area contributed by atoms with Gasteiger partial charge in [0.2, 0.25) is 0 Å². The highest BCUT2D eigenvalue weighted by atomic mass is 127. The lowest BCUT2D eigenvalue weighted by atomic mass is 10.2. The lowest BCUT2D eigenvalue weighted by molar-refractivity contribution is -0.384. The number of anilines is 1. The first-order valence-corrected chi connectivity index (χ1v) is 8.91. The predicted octanol–water partition coefficient (Wildman–Crippen LogP) is 4.35. The predicted molar refractivity (Wildman–Crippen MR) is 107 cm³/mol. The lowest BCUT2D eigenvalue weighted by Crippen LogP contribution is -2.17. The van der Waals surface area contributed by atoms with E-state index in [4.69, 9.17) is 11.6 Å². The van der Waals surface area contributed by atoms with Crippen LogP contribution in [-0.4, -0.2) is 20.6 Å². The van der Waals surface area contributed by atoms with Crippen LogP contribution in [0.25, 0.3) is 0 Å². The van der Waals surface area contributed by atoms with E-state index in [9.17, 15) is 14.9 Å². The third kappa shape index (κ3) is 4.20. The number of nitrogens with zero attached hydrogens (tertiary/aromatic N) is 3. The second-order valence-corrected chi connectivity index (χ2v) is 6.97. The van der Waals surface area contributed by atoms with E-state index in [1.165, 1.54) is 12.1 Å². The van der Waals surface area contributed by atoms with Gasteiger partial charge in [-0.25, -0.2) is 4.68 Å². The van der Waals surface area contributed by atoms with E-state index in [1.807, 2.05) is 34.7 Å². The Bertz CT molecular complexity index is 972. The number of hydrogen-bond donors (Lipinski definition) is 1. The van der Waals surface area contributed by atoms with E-state index in [-0.39, 0.29) is 11.3 Å². The number of amides is 1. The number of aromatic nitrogens is 2. The Morgan fingerprint density at radius 3 is 2.65 bits per heavy atom. The van der Waals surface area contributed by atoms with Crippen molar-refractivity contribution in [3.8, 4) is 0 Å². The van der Waals surface area contributed by atoms with Crippen molar-refractivity contribution in [1.82, 2.24) is 9.78 Å². The number of carbonyl (C=O) groups is 1. The van der Waals surface area contributed by atoms with Gasteiger partial charge in [0.15, 0.2) is 0 Å². The summed E-state index contributed by atoms with van der Waals surface area (Å²) in [6.45, 7) is 0.450. The molecule has 3 aromatic rings. The molecular formula is C17H12ClIN4O3. The SMILES string of the molecule is O=C(Nc1ccnn1Cc1ccc(Cl)cc1)c1cc([N+](=O)[O-])ccc1I. The maximum absolute atomic E-state index is 12.6. The van der Waals surface area contributed by atoms with E-state index in [0.29, 0.717) is 21.0 Å². The molecule has 0 bridgehead atoms. The zero-order chi connectivity index (χ0) is 18.7. The molecule has 1 heterocycles. The summed E-state index contributed by atoms with van der Waals surface area (Å²) in [5.41, 5.74) is 1.07. The molecule has 7 nitrogen and oxygen atoms in total. The van der Waals surface area contributed by atoms with Crippen molar-refractivity contribution in [2.75, 3.05) is 5.32 Å². The van der Waals surface area contributed by atoms with Gasteiger partial charge < -0.3 is 5.32 Å². The molecule has 26 heavy (non-hydrogen) atoms. The Hall–Kier alpha value is -2.46. The standard InChI is InChI=1S/C17H12ClIN4O3/c18-12-3-1-11(2-4-12)10-22-16(7-8-20-22)21-17(24)14-9-13(23(25)26)5-6-15(14)19/h1-9H,10H2,(H,21,24). The number of hydrogen-bond acceptors (Lipinski definition) is 4. The summed E-state index contributed by atoms with van der Waals surface area (Å²) < 4.78 is 2.25. The molecule has 0 unspecified atom stereocenters. The fourth-order valence-corrected chi connectivity index (χ4v) is 3.02. The van der Waals surface area contributed by atoms with E-state index >= 15 is 0 Å². The maximum atomic E-state index is 12.6. The van der Waals surface area contributed by atoms with Gasteiger partial charge in [0.25, 0.3) is 11.6 Å². The topological polar surface area (TPSA) is 90.1 Å². The summed E-state index contributed by atoms with van der Waals surface area (Å²) in [5, 5.41) is 18.5. The molecular weight excluding hydrogens is 471 g/mol. The average Bonchev–Trinajstić information content (AvgIpc) is 3.03. The van der Waals surface area contributed by atoms with Crippen LogP contribution in [0.2, 0.25) is 5.02 Å². The summed E-state index contributed by atoms with van der Waals surface area (Å²) >= 11 is 7.85. The fraction of sp³-hybridized carbons (Fsp3) is 0.0588. The van der Waals surface area contributed by atoms with E-state index in [1.54, 1.807) is 35.1 Å². The van der Waals surface area contributed by atoms with Crippen molar-refractivity contribution in [1.29, 1.82) is 0 Å². The van der Waals surface area contributed by atoms with Gasteiger partial charge in [-0.05, 0) is 46.4 Å². The molecule has 0 radical (unpaired) electrons. The molecule has 2 aromatic carbocycles. The fourth-order valence-electron chi connectivity index (χ4n) is 2.31. The number of carbonyl (C=O) groups excluding carboxylic acids is 1. The van der Waals surface area contributed by atoms with Crippen LogP contribution in [0.5, 0.6) is 0 Å². The molecule has 132 valence electrons. The molecule has 3 rings (SSSR count). The van der Waals surface area contributed by atoms with Crippen LogP contribution in [0, 0.1) is 13.7 Å². The molecule has 0 aliphatic carbocycles. The van der Waals surface area contributed by atoms with Crippen LogP contribution in [0.1, 0.15) is 15.9 Å². The Labute approximate surface area is 167 Å². The number of benzene rings is 2.